The molecule has 2 atom stereocenters. The standard InChI is InChI=1S/C25H35ClN6O/c1-16-11-22(28-15-21(16)31-23(33)25(2,3)4)27-8-5-18-12-20(18)17-6-9-32(10-7-17)24-29-13-19(26)14-30-24/h11,13-15,17-18,20H,5-10,12H2,1-4H3,(H,27,28)(H,31,33)/t18-,20-/m1/s1. The summed E-state index contributed by atoms with van der Waals surface area (Å²) < 4.78 is 0. The van der Waals surface area contributed by atoms with Crippen LogP contribution in [-0.4, -0.2) is 40.5 Å². The average Bonchev–Trinajstić information content (AvgIpc) is 3.55. The van der Waals surface area contributed by atoms with Crippen LogP contribution in [0, 0.1) is 30.1 Å². The Morgan fingerprint density at radius 2 is 1.85 bits per heavy atom. The first-order valence-electron chi connectivity index (χ1n) is 11.9. The van der Waals surface area contributed by atoms with Gasteiger partial charge in [-0.3, -0.25) is 4.79 Å². The second-order valence-electron chi connectivity index (χ2n) is 10.5. The van der Waals surface area contributed by atoms with Crippen molar-refractivity contribution in [3.8, 4) is 0 Å². The predicted molar refractivity (Wildman–Crippen MR) is 134 cm³/mol. The van der Waals surface area contributed by atoms with Crippen molar-refractivity contribution in [1.82, 2.24) is 15.0 Å². The van der Waals surface area contributed by atoms with Crippen molar-refractivity contribution in [1.29, 1.82) is 0 Å². The fourth-order valence-electron chi connectivity index (χ4n) is 4.66. The van der Waals surface area contributed by atoms with Crippen molar-refractivity contribution in [3.05, 3.63) is 35.2 Å². The summed E-state index contributed by atoms with van der Waals surface area (Å²) in [6.07, 6.45) is 10.0. The molecule has 1 saturated heterocycles. The summed E-state index contributed by atoms with van der Waals surface area (Å²) in [5.41, 5.74) is 1.37. The molecule has 2 aromatic heterocycles. The van der Waals surface area contributed by atoms with Gasteiger partial charge in [0.15, 0.2) is 0 Å². The van der Waals surface area contributed by atoms with Crippen LogP contribution in [-0.2, 0) is 4.79 Å². The zero-order valence-electron chi connectivity index (χ0n) is 20.1. The summed E-state index contributed by atoms with van der Waals surface area (Å²) in [6.45, 7) is 10.7. The first kappa shape index (κ1) is 23.7. The van der Waals surface area contributed by atoms with E-state index < -0.39 is 5.41 Å². The molecule has 8 heteroatoms. The minimum absolute atomic E-state index is 0.000547. The lowest BCUT2D eigenvalue weighted by atomic mass is 9.90. The maximum Gasteiger partial charge on any atom is 0.229 e. The molecule has 33 heavy (non-hydrogen) atoms. The maximum atomic E-state index is 12.2. The van der Waals surface area contributed by atoms with Crippen molar-refractivity contribution < 1.29 is 4.79 Å². The third-order valence-corrected chi connectivity index (χ3v) is 7.07. The summed E-state index contributed by atoms with van der Waals surface area (Å²) in [4.78, 5) is 27.7. The third kappa shape index (κ3) is 6.14. The molecule has 1 aliphatic heterocycles. The van der Waals surface area contributed by atoms with Crippen LogP contribution < -0.4 is 15.5 Å². The number of halogens is 1. The average molecular weight is 471 g/mol. The minimum atomic E-state index is -0.426. The lowest BCUT2D eigenvalue weighted by Gasteiger charge is -2.32. The molecule has 0 spiro atoms. The van der Waals surface area contributed by atoms with Crippen LogP contribution in [0.4, 0.5) is 17.5 Å². The Labute approximate surface area is 201 Å². The molecule has 1 aliphatic carbocycles. The summed E-state index contributed by atoms with van der Waals surface area (Å²) in [6, 6.07) is 2.01. The topological polar surface area (TPSA) is 83.0 Å². The maximum absolute atomic E-state index is 12.2. The Bertz CT molecular complexity index is 966. The highest BCUT2D eigenvalue weighted by molar-refractivity contribution is 6.30. The number of hydrogen-bond acceptors (Lipinski definition) is 6. The van der Waals surface area contributed by atoms with Gasteiger partial charge in [0.25, 0.3) is 0 Å². The highest BCUT2D eigenvalue weighted by atomic mass is 35.5. The van der Waals surface area contributed by atoms with Crippen LogP contribution in [0.2, 0.25) is 5.02 Å². The normalized spacial score (nSPS) is 21.1. The van der Waals surface area contributed by atoms with E-state index in [1.54, 1.807) is 18.6 Å². The van der Waals surface area contributed by atoms with Crippen LogP contribution in [0.15, 0.2) is 24.7 Å². The van der Waals surface area contributed by atoms with E-state index in [1.807, 2.05) is 33.8 Å². The molecule has 0 bridgehead atoms. The molecule has 2 aliphatic rings. The smallest absolute Gasteiger partial charge is 0.229 e. The number of aryl methyl sites for hydroxylation is 1. The summed E-state index contributed by atoms with van der Waals surface area (Å²) in [5.74, 6) is 4.14. The first-order valence-corrected chi connectivity index (χ1v) is 12.3. The fourth-order valence-corrected chi connectivity index (χ4v) is 4.75. The Balaban J connectivity index is 1.18. The summed E-state index contributed by atoms with van der Waals surface area (Å²) >= 11 is 5.90. The van der Waals surface area contributed by atoms with Gasteiger partial charge in [0.05, 0.1) is 29.3 Å². The number of nitrogens with one attached hydrogen (secondary N) is 2. The number of aromatic nitrogens is 3. The Hall–Kier alpha value is -2.41. The van der Waals surface area contributed by atoms with Crippen LogP contribution >= 0.6 is 11.6 Å². The van der Waals surface area contributed by atoms with Gasteiger partial charge in [0.2, 0.25) is 11.9 Å². The third-order valence-electron chi connectivity index (χ3n) is 6.87. The van der Waals surface area contributed by atoms with E-state index in [0.717, 1.165) is 60.4 Å². The molecule has 2 aromatic rings. The highest BCUT2D eigenvalue weighted by Crippen LogP contribution is 2.49. The number of carbonyl (C=O) groups is 1. The van der Waals surface area contributed by atoms with Gasteiger partial charge in [0, 0.05) is 25.0 Å². The van der Waals surface area contributed by atoms with Gasteiger partial charge in [-0.05, 0) is 62.0 Å². The van der Waals surface area contributed by atoms with Crippen LogP contribution in [0.25, 0.3) is 0 Å². The molecule has 1 amide bonds. The number of nitrogens with zero attached hydrogens (tertiary/aromatic N) is 4. The molecular weight excluding hydrogens is 436 g/mol. The highest BCUT2D eigenvalue weighted by Gasteiger charge is 2.43. The van der Waals surface area contributed by atoms with Gasteiger partial charge >= 0.3 is 0 Å². The van der Waals surface area contributed by atoms with E-state index in [9.17, 15) is 4.79 Å². The minimum Gasteiger partial charge on any atom is -0.370 e. The summed E-state index contributed by atoms with van der Waals surface area (Å²) in [7, 11) is 0. The zero-order valence-corrected chi connectivity index (χ0v) is 20.8. The number of carbonyl (C=O) groups excluding carboxylic acids is 1. The molecule has 1 saturated carbocycles. The molecule has 4 rings (SSSR count). The van der Waals surface area contributed by atoms with Gasteiger partial charge in [-0.15, -0.1) is 0 Å². The Morgan fingerprint density at radius 3 is 2.48 bits per heavy atom. The van der Waals surface area contributed by atoms with Gasteiger partial charge in [-0.2, -0.15) is 0 Å². The summed E-state index contributed by atoms with van der Waals surface area (Å²) in [5, 5.41) is 7.02. The van der Waals surface area contributed by atoms with Crippen molar-refractivity contribution >= 4 is 35.0 Å². The first-order chi connectivity index (χ1) is 15.7. The van der Waals surface area contributed by atoms with E-state index in [-0.39, 0.29) is 5.91 Å². The fraction of sp³-hybridized carbons (Fsp3) is 0.600. The Morgan fingerprint density at radius 1 is 1.15 bits per heavy atom. The second-order valence-corrected chi connectivity index (χ2v) is 10.9. The van der Waals surface area contributed by atoms with Crippen LogP contribution in [0.1, 0.15) is 52.0 Å². The number of rotatable bonds is 7. The van der Waals surface area contributed by atoms with Gasteiger partial charge in [-0.1, -0.05) is 32.4 Å². The van der Waals surface area contributed by atoms with E-state index in [4.69, 9.17) is 11.6 Å². The molecule has 7 nitrogen and oxygen atoms in total. The number of pyridine rings is 1. The van der Waals surface area contributed by atoms with Crippen molar-refractivity contribution in [2.45, 2.75) is 53.4 Å². The zero-order chi connectivity index (χ0) is 23.6. The molecular formula is C25H35ClN6O. The number of amides is 1. The van der Waals surface area contributed by atoms with E-state index >= 15 is 0 Å². The van der Waals surface area contributed by atoms with Crippen LogP contribution in [0.5, 0.6) is 0 Å². The van der Waals surface area contributed by atoms with Gasteiger partial charge < -0.3 is 15.5 Å². The molecule has 178 valence electrons. The lowest BCUT2D eigenvalue weighted by Crippen LogP contribution is -2.35. The Kier molecular flexibility index (Phi) is 7.07. The molecule has 3 heterocycles. The van der Waals surface area contributed by atoms with Crippen LogP contribution in [0.3, 0.4) is 0 Å². The molecule has 2 N–H and O–H groups in total. The lowest BCUT2D eigenvalue weighted by molar-refractivity contribution is -0.123. The van der Waals surface area contributed by atoms with Gasteiger partial charge in [0.1, 0.15) is 5.82 Å². The largest absolute Gasteiger partial charge is 0.370 e. The predicted octanol–water partition coefficient (Wildman–Crippen LogP) is 5.17. The molecule has 0 unspecified atom stereocenters. The molecule has 2 fully saturated rings. The van der Waals surface area contributed by atoms with Gasteiger partial charge in [-0.25, -0.2) is 15.0 Å². The quantitative estimate of drug-likeness (QED) is 0.580. The second kappa shape index (κ2) is 9.84. The van der Waals surface area contributed by atoms with E-state index in [1.165, 1.54) is 25.7 Å². The van der Waals surface area contributed by atoms with E-state index in [0.29, 0.717) is 5.02 Å². The SMILES string of the molecule is Cc1cc(NCC[C@@H]2C[C@@H]2C2CCN(c3ncc(Cl)cn3)CC2)ncc1NC(=O)C(C)(C)C. The van der Waals surface area contributed by atoms with E-state index in [2.05, 4.69) is 30.5 Å². The molecule has 0 aromatic carbocycles. The van der Waals surface area contributed by atoms with Crippen molar-refractivity contribution in [3.63, 3.8) is 0 Å². The monoisotopic (exact) mass is 470 g/mol. The number of piperidine rings is 1. The van der Waals surface area contributed by atoms with Crippen molar-refractivity contribution in [2.75, 3.05) is 35.2 Å². The number of hydrogen-bond donors (Lipinski definition) is 2. The number of anilines is 3. The molecule has 0 radical (unpaired) electrons. The van der Waals surface area contributed by atoms with Crippen molar-refractivity contribution in [2.24, 2.45) is 23.2 Å².